The Kier molecular flexibility index (Phi) is 4.28. The Labute approximate surface area is 145 Å². The summed E-state index contributed by atoms with van der Waals surface area (Å²) in [6, 6.07) is 8.19. The zero-order chi connectivity index (χ0) is 17.2. The van der Waals surface area contributed by atoms with Gasteiger partial charge in [0.2, 0.25) is 0 Å². The molecular formula is C19H20N2O4. The van der Waals surface area contributed by atoms with Crippen molar-refractivity contribution < 1.29 is 18.4 Å². The number of hydrogen-bond acceptors (Lipinski definition) is 5. The van der Waals surface area contributed by atoms with Gasteiger partial charge >= 0.3 is 0 Å². The molecule has 1 atom stereocenters. The summed E-state index contributed by atoms with van der Waals surface area (Å²) in [5, 5.41) is 1.10. The zero-order valence-electron chi connectivity index (χ0n) is 14.1. The van der Waals surface area contributed by atoms with E-state index in [4.69, 9.17) is 13.6 Å². The van der Waals surface area contributed by atoms with Crippen LogP contribution in [0.3, 0.4) is 0 Å². The number of aromatic nitrogens is 1. The summed E-state index contributed by atoms with van der Waals surface area (Å²) < 4.78 is 16.4. The number of aryl methyl sites for hydroxylation is 1. The van der Waals surface area contributed by atoms with Crippen LogP contribution < -0.4 is 0 Å². The van der Waals surface area contributed by atoms with Crippen LogP contribution in [0.5, 0.6) is 0 Å². The lowest BCUT2D eigenvalue weighted by molar-refractivity contribution is 0.0730. The average Bonchev–Trinajstić information content (AvgIpc) is 3.18. The minimum atomic E-state index is -0.0942. The van der Waals surface area contributed by atoms with Gasteiger partial charge in [0.15, 0.2) is 12.1 Å². The fourth-order valence-electron chi connectivity index (χ4n) is 3.31. The fraction of sp³-hybridized carbons (Fsp3) is 0.368. The van der Waals surface area contributed by atoms with E-state index in [-0.39, 0.29) is 11.8 Å². The molecule has 1 saturated heterocycles. The monoisotopic (exact) mass is 340 g/mol. The molecular weight excluding hydrogens is 320 g/mol. The van der Waals surface area contributed by atoms with E-state index in [1.54, 1.807) is 13.2 Å². The molecule has 1 unspecified atom stereocenters. The van der Waals surface area contributed by atoms with Gasteiger partial charge in [-0.2, -0.15) is 0 Å². The lowest BCUT2D eigenvalue weighted by Crippen LogP contribution is -2.36. The van der Waals surface area contributed by atoms with Gasteiger partial charge in [-0.1, -0.05) is 12.1 Å². The molecule has 3 heterocycles. The van der Waals surface area contributed by atoms with Crippen molar-refractivity contribution in [2.45, 2.75) is 13.3 Å². The summed E-state index contributed by atoms with van der Waals surface area (Å²) in [6.07, 6.45) is 3.84. The van der Waals surface area contributed by atoms with Crippen molar-refractivity contribution in [2.75, 3.05) is 26.3 Å². The maximum absolute atomic E-state index is 12.7. The number of amides is 1. The van der Waals surface area contributed by atoms with E-state index in [1.165, 1.54) is 12.0 Å². The van der Waals surface area contributed by atoms with Crippen LogP contribution in [0.4, 0.5) is 0 Å². The highest BCUT2D eigenvalue weighted by Crippen LogP contribution is 2.21. The van der Waals surface area contributed by atoms with E-state index in [1.807, 2.05) is 11.0 Å². The topological polar surface area (TPSA) is 68.7 Å². The molecule has 1 aliphatic rings. The van der Waals surface area contributed by atoms with Gasteiger partial charge in [0, 0.05) is 24.4 Å². The highest BCUT2D eigenvalue weighted by Gasteiger charge is 2.26. The molecule has 1 amide bonds. The van der Waals surface area contributed by atoms with Crippen molar-refractivity contribution >= 4 is 16.9 Å². The first-order chi connectivity index (χ1) is 12.2. The third-order valence-electron chi connectivity index (χ3n) is 4.62. The van der Waals surface area contributed by atoms with Gasteiger partial charge in [-0.15, -0.1) is 0 Å². The van der Waals surface area contributed by atoms with Crippen molar-refractivity contribution in [3.05, 3.63) is 53.9 Å². The van der Waals surface area contributed by atoms with Crippen molar-refractivity contribution in [1.29, 1.82) is 0 Å². The molecule has 4 rings (SSSR count). The summed E-state index contributed by atoms with van der Waals surface area (Å²) in [5.41, 5.74) is 2.46. The molecule has 25 heavy (non-hydrogen) atoms. The summed E-state index contributed by atoms with van der Waals surface area (Å²) in [6.45, 7) is 4.14. The second kappa shape index (κ2) is 6.72. The predicted molar refractivity (Wildman–Crippen MR) is 91.4 cm³/mol. The molecule has 2 aromatic heterocycles. The Bertz CT molecular complexity index is 882. The second-order valence-corrected chi connectivity index (χ2v) is 6.45. The van der Waals surface area contributed by atoms with Crippen LogP contribution in [-0.2, 0) is 11.2 Å². The summed E-state index contributed by atoms with van der Waals surface area (Å²) in [5.74, 6) is 0.685. The van der Waals surface area contributed by atoms with Crippen LogP contribution in [0.15, 0.2) is 45.8 Å². The largest absolute Gasteiger partial charge is 0.464 e. The van der Waals surface area contributed by atoms with Crippen LogP contribution in [-0.4, -0.2) is 42.1 Å². The molecule has 1 fully saturated rings. The van der Waals surface area contributed by atoms with Gasteiger partial charge in [-0.3, -0.25) is 4.79 Å². The van der Waals surface area contributed by atoms with Gasteiger partial charge in [0.1, 0.15) is 11.3 Å². The molecule has 6 heteroatoms. The van der Waals surface area contributed by atoms with Crippen LogP contribution in [0.2, 0.25) is 0 Å². The van der Waals surface area contributed by atoms with E-state index in [0.717, 1.165) is 17.4 Å². The molecule has 1 aliphatic heterocycles. The zero-order valence-corrected chi connectivity index (χ0v) is 14.1. The van der Waals surface area contributed by atoms with Crippen molar-refractivity contribution in [2.24, 2.45) is 5.92 Å². The quantitative estimate of drug-likeness (QED) is 0.733. The molecule has 0 N–H and O–H groups in total. The van der Waals surface area contributed by atoms with Gasteiger partial charge in [-0.05, 0) is 31.0 Å². The number of benzene rings is 1. The number of carbonyl (C=O) groups is 1. The first-order valence-electron chi connectivity index (χ1n) is 8.44. The summed E-state index contributed by atoms with van der Waals surface area (Å²) >= 11 is 0. The molecule has 6 nitrogen and oxygen atoms in total. The van der Waals surface area contributed by atoms with Crippen LogP contribution in [0.1, 0.15) is 21.8 Å². The Morgan fingerprint density at radius 1 is 1.32 bits per heavy atom. The Morgan fingerprint density at radius 3 is 3.08 bits per heavy atom. The predicted octanol–water partition coefficient (Wildman–Crippen LogP) is 3.06. The van der Waals surface area contributed by atoms with Crippen LogP contribution in [0, 0.1) is 12.8 Å². The van der Waals surface area contributed by atoms with Gasteiger partial charge in [0.25, 0.3) is 5.91 Å². The number of fused-ring (bicyclic) bond motifs is 1. The minimum Gasteiger partial charge on any atom is -0.464 e. The van der Waals surface area contributed by atoms with E-state index >= 15 is 0 Å². The molecule has 1 aromatic carbocycles. The molecule has 0 bridgehead atoms. The summed E-state index contributed by atoms with van der Waals surface area (Å²) in [7, 11) is 0. The third kappa shape index (κ3) is 3.30. The van der Waals surface area contributed by atoms with E-state index in [9.17, 15) is 4.79 Å². The first kappa shape index (κ1) is 15.9. The number of oxazole rings is 1. The second-order valence-electron chi connectivity index (χ2n) is 6.45. The smallest absolute Gasteiger partial charge is 0.276 e. The Morgan fingerprint density at radius 2 is 2.24 bits per heavy atom. The first-order valence-corrected chi connectivity index (χ1v) is 8.44. The average molecular weight is 340 g/mol. The highest BCUT2D eigenvalue weighted by atomic mass is 16.5. The van der Waals surface area contributed by atoms with Gasteiger partial charge in [-0.25, -0.2) is 4.98 Å². The number of carbonyl (C=O) groups excluding carboxylic acids is 1. The molecule has 3 aromatic rings. The van der Waals surface area contributed by atoms with E-state index in [2.05, 4.69) is 23.2 Å². The SMILES string of the molecule is Cc1ocnc1C(=O)N1CCOCC(Cc2ccc3ccoc3c2)C1. The maximum Gasteiger partial charge on any atom is 0.276 e. The number of rotatable bonds is 3. The maximum atomic E-state index is 12.7. The lowest BCUT2D eigenvalue weighted by atomic mass is 9.99. The summed E-state index contributed by atoms with van der Waals surface area (Å²) in [4.78, 5) is 18.6. The molecule has 0 aliphatic carbocycles. The number of hydrogen-bond donors (Lipinski definition) is 0. The fourth-order valence-corrected chi connectivity index (χ4v) is 3.31. The Hall–Kier alpha value is -2.60. The van der Waals surface area contributed by atoms with Gasteiger partial charge in [0.05, 0.1) is 19.5 Å². The molecule has 130 valence electrons. The van der Waals surface area contributed by atoms with Crippen LogP contribution in [0.25, 0.3) is 11.0 Å². The minimum absolute atomic E-state index is 0.0942. The van der Waals surface area contributed by atoms with E-state index in [0.29, 0.717) is 37.8 Å². The van der Waals surface area contributed by atoms with Crippen LogP contribution >= 0.6 is 0 Å². The van der Waals surface area contributed by atoms with Crippen molar-refractivity contribution in [3.8, 4) is 0 Å². The van der Waals surface area contributed by atoms with Gasteiger partial charge < -0.3 is 18.5 Å². The Balaban J connectivity index is 1.49. The highest BCUT2D eigenvalue weighted by molar-refractivity contribution is 5.93. The normalized spacial score (nSPS) is 18.4. The molecule has 0 radical (unpaired) electrons. The van der Waals surface area contributed by atoms with E-state index < -0.39 is 0 Å². The number of furan rings is 1. The molecule has 0 spiro atoms. The van der Waals surface area contributed by atoms with Crippen molar-refractivity contribution in [3.63, 3.8) is 0 Å². The number of ether oxygens (including phenoxy) is 1. The standard InChI is InChI=1S/C19H20N2O4/c1-13-18(20-12-25-13)19(22)21-5-7-23-11-15(10-21)8-14-2-3-16-4-6-24-17(16)9-14/h2-4,6,9,12,15H,5,7-8,10-11H2,1H3. The third-order valence-corrected chi connectivity index (χ3v) is 4.62. The molecule has 0 saturated carbocycles. The number of nitrogens with zero attached hydrogens (tertiary/aromatic N) is 2. The van der Waals surface area contributed by atoms with Crippen molar-refractivity contribution in [1.82, 2.24) is 9.88 Å². The lowest BCUT2D eigenvalue weighted by Gasteiger charge is -2.23.